The third-order valence-electron chi connectivity index (χ3n) is 9.57. The predicted molar refractivity (Wildman–Crippen MR) is 188 cm³/mol. The van der Waals surface area contributed by atoms with Crippen LogP contribution in [0.1, 0.15) is 50.5 Å². The zero-order chi connectivity index (χ0) is 37.6. The fourth-order valence-electron chi connectivity index (χ4n) is 6.60. The van der Waals surface area contributed by atoms with E-state index >= 15 is 8.78 Å². The Balaban J connectivity index is 1.48. The highest BCUT2D eigenvalue weighted by molar-refractivity contribution is 7.87. The van der Waals surface area contributed by atoms with Crippen molar-refractivity contribution >= 4 is 33.7 Å². The van der Waals surface area contributed by atoms with E-state index in [1.165, 1.54) is 6.08 Å². The van der Waals surface area contributed by atoms with Crippen LogP contribution in [0.4, 0.5) is 8.78 Å². The molecule has 1 saturated carbocycles. The highest BCUT2D eigenvalue weighted by atomic mass is 32.2. The van der Waals surface area contributed by atoms with Crippen molar-refractivity contribution in [1.29, 1.82) is 0 Å². The van der Waals surface area contributed by atoms with Crippen LogP contribution in [0.25, 0.3) is 0 Å². The Morgan fingerprint density at radius 3 is 2.12 bits per heavy atom. The zero-order valence-corrected chi connectivity index (χ0v) is 30.3. The van der Waals surface area contributed by atoms with Gasteiger partial charge in [0.1, 0.15) is 12.1 Å². The van der Waals surface area contributed by atoms with Gasteiger partial charge in [-0.2, -0.15) is 26.2 Å². The minimum atomic E-state index is -4.44. The van der Waals surface area contributed by atoms with Gasteiger partial charge in [0, 0.05) is 39.3 Å². The molecular weight excluding hydrogens is 702 g/mol. The molecular formula is C35H52F2N6O8S. The maximum Gasteiger partial charge on any atom is 0.383 e. The van der Waals surface area contributed by atoms with E-state index in [1.54, 1.807) is 30.3 Å². The van der Waals surface area contributed by atoms with E-state index in [9.17, 15) is 27.6 Å². The van der Waals surface area contributed by atoms with Crippen molar-refractivity contribution in [3.8, 4) is 0 Å². The van der Waals surface area contributed by atoms with E-state index in [1.807, 2.05) is 4.90 Å². The van der Waals surface area contributed by atoms with E-state index in [0.717, 1.165) is 23.6 Å². The summed E-state index contributed by atoms with van der Waals surface area (Å²) in [5, 5.41) is 7.13. The number of nitrogens with one attached hydrogen (secondary N) is 4. The molecule has 1 aromatic rings. The van der Waals surface area contributed by atoms with Crippen molar-refractivity contribution in [3.63, 3.8) is 0 Å². The summed E-state index contributed by atoms with van der Waals surface area (Å²) in [7, 11) is -4.15. The van der Waals surface area contributed by atoms with Crippen LogP contribution in [0.15, 0.2) is 43.0 Å². The number of alkyl halides is 2. The lowest BCUT2D eigenvalue weighted by molar-refractivity contribution is -0.160. The van der Waals surface area contributed by atoms with Crippen molar-refractivity contribution < 1.29 is 45.9 Å². The fourth-order valence-corrected chi connectivity index (χ4v) is 7.93. The van der Waals surface area contributed by atoms with Crippen LogP contribution in [0.5, 0.6) is 0 Å². The number of halogens is 2. The second-order valence-corrected chi connectivity index (χ2v) is 15.1. The van der Waals surface area contributed by atoms with Gasteiger partial charge in [-0.25, -0.2) is 0 Å². The molecule has 3 atom stereocenters. The number of carbonyl (C=O) groups excluding carboxylic acids is 4. The first-order valence-corrected chi connectivity index (χ1v) is 19.5. The van der Waals surface area contributed by atoms with E-state index < -0.39 is 57.8 Å². The summed E-state index contributed by atoms with van der Waals surface area (Å²) >= 11 is 0. The van der Waals surface area contributed by atoms with Gasteiger partial charge < -0.3 is 25.4 Å². The lowest BCUT2D eigenvalue weighted by Crippen LogP contribution is -2.60. The van der Waals surface area contributed by atoms with Crippen LogP contribution in [-0.4, -0.2) is 131 Å². The monoisotopic (exact) mass is 754 g/mol. The van der Waals surface area contributed by atoms with Gasteiger partial charge in [-0.05, 0) is 30.7 Å². The summed E-state index contributed by atoms with van der Waals surface area (Å²) in [5.41, 5.74) is 0.639. The summed E-state index contributed by atoms with van der Waals surface area (Å²) in [6.45, 7) is 6.57. The molecule has 52 heavy (non-hydrogen) atoms. The van der Waals surface area contributed by atoms with Crippen LogP contribution >= 0.6 is 0 Å². The number of Topliss-reactive ketones (excluding diaryl/α,β-unsaturated/α-hetero) is 1. The molecule has 2 aliphatic heterocycles. The Hall–Kier alpha value is -3.35. The highest BCUT2D eigenvalue weighted by Gasteiger charge is 2.51. The molecule has 17 heteroatoms. The van der Waals surface area contributed by atoms with Crippen molar-refractivity contribution in [2.75, 3.05) is 65.7 Å². The summed E-state index contributed by atoms with van der Waals surface area (Å²) in [4.78, 5) is 55.6. The smallest absolute Gasteiger partial charge is 0.379 e. The first-order valence-electron chi connectivity index (χ1n) is 18.0. The Morgan fingerprint density at radius 1 is 0.885 bits per heavy atom. The molecule has 14 nitrogen and oxygen atoms in total. The number of amides is 3. The van der Waals surface area contributed by atoms with Crippen molar-refractivity contribution in [2.45, 2.75) is 75.4 Å². The van der Waals surface area contributed by atoms with E-state index in [0.29, 0.717) is 51.3 Å². The molecule has 4 rings (SSSR count). The number of nitrogens with zero attached hydrogens (tertiary/aromatic N) is 2. The van der Waals surface area contributed by atoms with Gasteiger partial charge in [-0.3, -0.25) is 24.1 Å². The van der Waals surface area contributed by atoms with Gasteiger partial charge in [-0.1, -0.05) is 68.5 Å². The van der Waals surface area contributed by atoms with Crippen molar-refractivity contribution in [1.82, 2.24) is 29.9 Å². The average molecular weight is 755 g/mol. The number of ether oxygens (including phenoxy) is 2. The molecule has 0 radical (unpaired) electrons. The first-order chi connectivity index (χ1) is 24.9. The average Bonchev–Trinajstić information content (AvgIpc) is 3.15. The van der Waals surface area contributed by atoms with E-state index in [-0.39, 0.29) is 58.0 Å². The van der Waals surface area contributed by atoms with Crippen molar-refractivity contribution in [3.05, 3.63) is 48.6 Å². The third-order valence-corrected chi connectivity index (χ3v) is 11.2. The minimum Gasteiger partial charge on any atom is -0.379 e. The molecule has 3 aliphatic rings. The topological polar surface area (TPSA) is 175 Å². The molecule has 1 aromatic carbocycles. The normalized spacial score (nSPS) is 19.9. The quantitative estimate of drug-likeness (QED) is 0.118. The largest absolute Gasteiger partial charge is 0.383 e. The second-order valence-electron chi connectivity index (χ2n) is 13.4. The van der Waals surface area contributed by atoms with Gasteiger partial charge >= 0.3 is 5.92 Å². The third kappa shape index (κ3) is 12.4. The number of hydrogen-bond acceptors (Lipinski definition) is 9. The molecule has 0 aromatic heterocycles. The Kier molecular flexibility index (Phi) is 16.1. The lowest BCUT2D eigenvalue weighted by Gasteiger charge is -2.30. The number of rotatable bonds is 19. The number of morpholine rings is 2. The fraction of sp³-hybridized carbons (Fsp3) is 0.657. The summed E-state index contributed by atoms with van der Waals surface area (Å²) in [6, 6.07) is 4.20. The first kappa shape index (κ1) is 41.4. The van der Waals surface area contributed by atoms with Crippen LogP contribution in [0.3, 0.4) is 0 Å². The van der Waals surface area contributed by atoms with Crippen LogP contribution in [-0.2, 0) is 45.3 Å². The maximum atomic E-state index is 15.5. The van der Waals surface area contributed by atoms with Gasteiger partial charge in [0.25, 0.3) is 16.1 Å². The Morgan fingerprint density at radius 2 is 1.48 bits per heavy atom. The van der Waals surface area contributed by atoms with Gasteiger partial charge in [0.05, 0.1) is 32.5 Å². The number of hydrogen-bond donors (Lipinski definition) is 4. The van der Waals surface area contributed by atoms with Crippen LogP contribution in [0, 0.1) is 5.92 Å². The van der Waals surface area contributed by atoms with Gasteiger partial charge in [0.15, 0.2) is 0 Å². The van der Waals surface area contributed by atoms with E-state index in [2.05, 4.69) is 27.3 Å². The second kappa shape index (κ2) is 20.2. The summed E-state index contributed by atoms with van der Waals surface area (Å²) in [6.07, 6.45) is 5.02. The lowest BCUT2D eigenvalue weighted by atomic mass is 9.83. The molecule has 3 fully saturated rings. The Labute approximate surface area is 304 Å². The van der Waals surface area contributed by atoms with Crippen LogP contribution in [0.2, 0.25) is 0 Å². The predicted octanol–water partition coefficient (Wildman–Crippen LogP) is 0.933. The molecule has 2 heterocycles. The standard InChI is InChI=1S/C35H52F2N6O8S/c1-2-9-28(39-33(46)30(25-27-12-7-4-8-13-27)41-52(48,49)43-18-22-51-23-19-43)32(45)40-29(24-26-10-5-3-6-11-26)31(44)35(36,37)34(47)38-14-15-42-16-20-50-21-17-42/h2,4,7-8,12-13,26,28-30,41H,1,3,5-6,9-11,14-25H2,(H,38,47)(H,39,46)(H,40,45)/t28-,29-,30-/m0/s1. The molecule has 4 N–H and O–H groups in total. The minimum absolute atomic E-state index is 0.0612. The highest BCUT2D eigenvalue weighted by Crippen LogP contribution is 2.29. The molecule has 0 bridgehead atoms. The molecule has 3 amide bonds. The molecule has 1 aliphatic carbocycles. The maximum absolute atomic E-state index is 15.5. The summed E-state index contributed by atoms with van der Waals surface area (Å²) < 4.78 is 71.7. The number of carbonyl (C=O) groups is 4. The van der Waals surface area contributed by atoms with Crippen LogP contribution < -0.4 is 20.7 Å². The molecule has 0 unspecified atom stereocenters. The zero-order valence-electron chi connectivity index (χ0n) is 29.5. The van der Waals surface area contributed by atoms with E-state index in [4.69, 9.17) is 9.47 Å². The Bertz CT molecular complexity index is 1450. The van der Waals surface area contributed by atoms with Gasteiger partial charge in [0.2, 0.25) is 17.6 Å². The number of ketones is 1. The van der Waals surface area contributed by atoms with Gasteiger partial charge in [-0.15, -0.1) is 6.58 Å². The number of benzene rings is 1. The van der Waals surface area contributed by atoms with Crippen molar-refractivity contribution in [2.24, 2.45) is 5.92 Å². The summed E-state index contributed by atoms with van der Waals surface area (Å²) in [5.74, 6) is -9.85. The SMILES string of the molecule is C=CC[C@H](NC(=O)[C@H](Cc1ccccc1)NS(=O)(=O)N1CCOCC1)C(=O)N[C@@H](CC1CCCCC1)C(=O)C(F)(F)C(=O)NCCN1CCOCC1. The molecule has 0 spiro atoms. The molecule has 2 saturated heterocycles. The molecule has 290 valence electrons.